The molecule has 0 saturated heterocycles. The lowest BCUT2D eigenvalue weighted by atomic mass is 9.93. The van der Waals surface area contributed by atoms with E-state index in [1.807, 2.05) is 38.0 Å². The van der Waals surface area contributed by atoms with E-state index < -0.39 is 72.3 Å². The van der Waals surface area contributed by atoms with E-state index in [1.165, 1.54) is 27.7 Å². The summed E-state index contributed by atoms with van der Waals surface area (Å²) < 4.78 is 41.3. The van der Waals surface area contributed by atoms with Crippen LogP contribution in [0.5, 0.6) is 0 Å². The number of hydrogen-bond donors (Lipinski definition) is 6. The number of ether oxygens (including phenoxy) is 8. The first-order valence-electron chi connectivity index (χ1n) is 28.4. The summed E-state index contributed by atoms with van der Waals surface area (Å²) in [5.74, 6) is -3.21. The van der Waals surface area contributed by atoms with Crippen molar-refractivity contribution in [1.29, 1.82) is 0 Å². The topological polar surface area (TPSA) is 323 Å². The van der Waals surface area contributed by atoms with Crippen LogP contribution in [0.3, 0.4) is 0 Å². The van der Waals surface area contributed by atoms with E-state index in [1.54, 1.807) is 72.8 Å². The molecule has 86 heavy (non-hydrogen) atoms. The third-order valence-electron chi connectivity index (χ3n) is 12.5. The summed E-state index contributed by atoms with van der Waals surface area (Å²) in [6.07, 6.45) is 2.68. The van der Waals surface area contributed by atoms with Crippen LogP contribution in [0.2, 0.25) is 0 Å². The van der Waals surface area contributed by atoms with Gasteiger partial charge in [0.25, 0.3) is 11.8 Å². The van der Waals surface area contributed by atoms with Gasteiger partial charge >= 0.3 is 48.3 Å². The second-order valence-electron chi connectivity index (χ2n) is 21.3. The van der Waals surface area contributed by atoms with E-state index in [2.05, 4.69) is 31.9 Å². The minimum absolute atomic E-state index is 0.0514. The molecular formula is C60H86N8O18. The average Bonchev–Trinajstić information content (AvgIpc) is 3.66. The van der Waals surface area contributed by atoms with Crippen molar-refractivity contribution in [3.63, 3.8) is 0 Å². The standard InChI is InChI=1S/C60H86N8O18/c1-43(69)83-39-59(3,53(73)79-35-15-31-67(5)6)41-85-57(77)81-33-13-9-11-29-61-55(75)65-49-25-17-45(18-26-49)37-63-51(71)47-21-23-48(24-22-47)52(72)64-38-46-19-27-50(28-20-46)66-56(76)62-30-12-10-14-34-82-58(78)86-42-60(4,40-84-44(2)70)54(74)80-36-16-32-68(7)8/h17-28H,9-16,29-42H2,1-8H3,(H,63,71)(H,64,72)(H2,61,65,75)(H2,62,66,76). The Morgan fingerprint density at radius 2 is 0.733 bits per heavy atom. The highest BCUT2D eigenvalue weighted by Crippen LogP contribution is 2.23. The molecule has 474 valence electrons. The smallest absolute Gasteiger partial charge is 0.465 e. The lowest BCUT2D eigenvalue weighted by Crippen LogP contribution is -2.40. The number of carbonyl (C=O) groups excluding carboxylic acids is 10. The summed E-state index contributed by atoms with van der Waals surface area (Å²) in [6, 6.07) is 19.3. The second-order valence-corrected chi connectivity index (χ2v) is 21.3. The number of urea groups is 2. The van der Waals surface area contributed by atoms with Crippen molar-refractivity contribution in [2.45, 2.75) is 92.2 Å². The summed E-state index contributed by atoms with van der Waals surface area (Å²) in [5.41, 5.74) is 0.514. The first kappa shape index (κ1) is 71.7. The maximum Gasteiger partial charge on any atom is 0.508 e. The van der Waals surface area contributed by atoms with E-state index in [4.69, 9.17) is 37.9 Å². The third-order valence-corrected chi connectivity index (χ3v) is 12.5. The largest absolute Gasteiger partial charge is 0.508 e. The van der Waals surface area contributed by atoms with E-state index in [0.717, 1.165) is 11.1 Å². The van der Waals surface area contributed by atoms with Crippen LogP contribution in [-0.4, -0.2) is 177 Å². The van der Waals surface area contributed by atoms with Gasteiger partial charge in [0.15, 0.2) is 0 Å². The molecule has 26 nitrogen and oxygen atoms in total. The number of carbonyl (C=O) groups is 10. The Morgan fingerprint density at radius 1 is 0.395 bits per heavy atom. The fraction of sp³-hybridized carbons (Fsp3) is 0.533. The monoisotopic (exact) mass is 1210 g/mol. The lowest BCUT2D eigenvalue weighted by Gasteiger charge is -2.26. The molecule has 0 aromatic heterocycles. The maximum absolute atomic E-state index is 12.9. The highest BCUT2D eigenvalue weighted by molar-refractivity contribution is 5.98. The quantitative estimate of drug-likeness (QED) is 0.0201. The lowest BCUT2D eigenvalue weighted by molar-refractivity contribution is -0.167. The van der Waals surface area contributed by atoms with Crippen LogP contribution in [0.25, 0.3) is 0 Å². The van der Waals surface area contributed by atoms with E-state index >= 15 is 0 Å². The zero-order chi connectivity index (χ0) is 63.3. The van der Waals surface area contributed by atoms with Gasteiger partial charge in [-0.15, -0.1) is 0 Å². The van der Waals surface area contributed by atoms with Crippen molar-refractivity contribution in [3.05, 3.63) is 95.1 Å². The SMILES string of the molecule is CC(=O)OCC(C)(COC(=O)OCCCCCNC(=O)Nc1ccc(CNC(=O)c2ccc(C(=O)NCc3ccc(NC(=O)NCCCCCOC(=O)OCC(C)(COC(C)=O)C(=O)OCCCN(C)C)cc3)cc2)cc1)C(=O)OCCCN(C)C. The molecule has 0 aliphatic heterocycles. The van der Waals surface area contributed by atoms with Gasteiger partial charge in [-0.3, -0.25) is 28.8 Å². The highest BCUT2D eigenvalue weighted by atomic mass is 16.7. The van der Waals surface area contributed by atoms with Gasteiger partial charge in [0.2, 0.25) is 0 Å². The van der Waals surface area contributed by atoms with Crippen molar-refractivity contribution in [2.24, 2.45) is 10.8 Å². The summed E-state index contributed by atoms with van der Waals surface area (Å²) in [7, 11) is 7.58. The fourth-order valence-corrected chi connectivity index (χ4v) is 7.43. The van der Waals surface area contributed by atoms with Crippen molar-refractivity contribution in [2.75, 3.05) is 118 Å². The molecule has 3 rings (SSSR count). The van der Waals surface area contributed by atoms with Crippen molar-refractivity contribution in [1.82, 2.24) is 31.1 Å². The molecule has 0 saturated carbocycles. The Labute approximate surface area is 502 Å². The minimum Gasteiger partial charge on any atom is -0.465 e. The predicted molar refractivity (Wildman–Crippen MR) is 316 cm³/mol. The van der Waals surface area contributed by atoms with E-state index in [-0.39, 0.29) is 64.5 Å². The molecule has 26 heteroatoms. The number of anilines is 2. The van der Waals surface area contributed by atoms with Crippen LogP contribution < -0.4 is 31.9 Å². The molecule has 0 radical (unpaired) electrons. The first-order valence-corrected chi connectivity index (χ1v) is 28.4. The number of benzene rings is 3. The number of unbranched alkanes of at least 4 members (excludes halogenated alkanes) is 4. The van der Waals surface area contributed by atoms with Crippen LogP contribution in [-0.2, 0) is 70.2 Å². The number of nitrogens with zero attached hydrogens (tertiary/aromatic N) is 2. The summed E-state index contributed by atoms with van der Waals surface area (Å²) in [4.78, 5) is 128. The van der Waals surface area contributed by atoms with Gasteiger partial charge in [0.05, 0.1) is 26.4 Å². The highest BCUT2D eigenvalue weighted by Gasteiger charge is 2.40. The Hall–Kier alpha value is -8.52. The van der Waals surface area contributed by atoms with Gasteiger partial charge in [-0.1, -0.05) is 24.3 Å². The number of hydrogen-bond acceptors (Lipinski definition) is 20. The predicted octanol–water partition coefficient (Wildman–Crippen LogP) is 6.57. The van der Waals surface area contributed by atoms with Crippen LogP contribution in [0, 0.1) is 10.8 Å². The zero-order valence-electron chi connectivity index (χ0n) is 50.7. The van der Waals surface area contributed by atoms with E-state index in [9.17, 15) is 47.9 Å². The Bertz CT molecular complexity index is 2460. The minimum atomic E-state index is -1.42. The molecule has 0 spiro atoms. The molecular weight excluding hydrogens is 1120 g/mol. The first-order chi connectivity index (χ1) is 41.0. The number of amides is 6. The molecule has 3 aromatic rings. The van der Waals surface area contributed by atoms with Crippen molar-refractivity contribution >= 4 is 71.4 Å². The third kappa shape index (κ3) is 30.3. The molecule has 0 heterocycles. The Morgan fingerprint density at radius 3 is 1.07 bits per heavy atom. The van der Waals surface area contributed by atoms with Crippen LogP contribution in [0.4, 0.5) is 30.6 Å². The van der Waals surface area contributed by atoms with E-state index in [0.29, 0.717) is 100 Å². The number of nitrogens with one attached hydrogen (secondary N) is 6. The number of rotatable bonds is 38. The van der Waals surface area contributed by atoms with Gasteiger partial charge in [0.1, 0.15) is 37.3 Å². The molecule has 6 N–H and O–H groups in total. The molecule has 0 aliphatic rings. The van der Waals surface area contributed by atoms with Gasteiger partial charge in [-0.05, 0) is 153 Å². The fourth-order valence-electron chi connectivity index (χ4n) is 7.43. The molecule has 2 unspecified atom stereocenters. The summed E-state index contributed by atoms with van der Waals surface area (Å²) in [5, 5.41) is 16.7. The summed E-state index contributed by atoms with van der Waals surface area (Å²) >= 11 is 0. The second kappa shape index (κ2) is 39.2. The van der Waals surface area contributed by atoms with Crippen molar-refractivity contribution in [3.8, 4) is 0 Å². The number of esters is 4. The normalized spacial score (nSPS) is 12.2. The van der Waals surface area contributed by atoms with Gasteiger partial charge in [-0.25, -0.2) is 19.2 Å². The van der Waals surface area contributed by atoms with Gasteiger partial charge in [0, 0.05) is 75.6 Å². The van der Waals surface area contributed by atoms with Crippen molar-refractivity contribution < 1.29 is 85.8 Å². The maximum atomic E-state index is 12.9. The van der Waals surface area contributed by atoms with Crippen LogP contribution >= 0.6 is 0 Å². The molecule has 2 atom stereocenters. The van der Waals surface area contributed by atoms with Crippen LogP contribution in [0.15, 0.2) is 72.8 Å². The molecule has 6 amide bonds. The Balaban J connectivity index is 1.25. The molecule has 3 aromatic carbocycles. The molecule has 0 aliphatic carbocycles. The molecule has 0 fully saturated rings. The summed E-state index contributed by atoms with van der Waals surface area (Å²) in [6.45, 7) is 6.83. The molecule has 0 bridgehead atoms. The van der Waals surface area contributed by atoms with Gasteiger partial charge in [-0.2, -0.15) is 0 Å². The Kier molecular flexibility index (Phi) is 32.7. The van der Waals surface area contributed by atoms with Gasteiger partial charge < -0.3 is 79.6 Å². The average molecular weight is 1210 g/mol. The van der Waals surface area contributed by atoms with Crippen LogP contribution in [0.1, 0.15) is 111 Å². The zero-order valence-corrected chi connectivity index (χ0v) is 50.7.